The molecule has 0 saturated carbocycles. The number of hydrogen-bond donors (Lipinski definition) is 1. The third kappa shape index (κ3) is 4.00. The second kappa shape index (κ2) is 8.46. The molecule has 1 aliphatic heterocycles. The number of anilines is 1. The first-order chi connectivity index (χ1) is 14.4. The lowest BCUT2D eigenvalue weighted by atomic mass is 9.73. The molecule has 0 fully saturated rings. The van der Waals surface area contributed by atoms with Crippen molar-refractivity contribution in [3.63, 3.8) is 0 Å². The Balaban J connectivity index is 1.82. The molecule has 0 bridgehead atoms. The van der Waals surface area contributed by atoms with Crippen LogP contribution in [0.25, 0.3) is 0 Å². The molecule has 2 heterocycles. The molecule has 1 N–H and O–H groups in total. The normalized spacial score (nSPS) is 19.9. The number of carbonyl (C=O) groups excluding carboxylic acids is 1. The number of aromatic nitrogens is 3. The van der Waals surface area contributed by atoms with Gasteiger partial charge in [-0.3, -0.25) is 4.79 Å². The van der Waals surface area contributed by atoms with Crippen LogP contribution in [0.3, 0.4) is 0 Å². The van der Waals surface area contributed by atoms with Gasteiger partial charge in [0.25, 0.3) is 0 Å². The van der Waals surface area contributed by atoms with Gasteiger partial charge in [-0.15, -0.1) is 5.10 Å². The molecule has 1 unspecified atom stereocenters. The molecule has 1 atom stereocenters. The maximum atomic E-state index is 13.3. The van der Waals surface area contributed by atoms with Crippen LogP contribution < -0.4 is 10.1 Å². The zero-order valence-electron chi connectivity index (χ0n) is 18.2. The lowest BCUT2D eigenvalue weighted by Crippen LogP contribution is -2.36. The minimum atomic E-state index is -0.323. The number of ketones is 1. The van der Waals surface area contributed by atoms with Crippen LogP contribution in [0.2, 0.25) is 0 Å². The molecule has 30 heavy (non-hydrogen) atoms. The zero-order chi connectivity index (χ0) is 21.3. The van der Waals surface area contributed by atoms with Gasteiger partial charge >= 0.3 is 0 Å². The van der Waals surface area contributed by atoms with Crippen molar-refractivity contribution < 1.29 is 9.53 Å². The number of thioether (sulfide) groups is 1. The Bertz CT molecular complexity index is 979. The van der Waals surface area contributed by atoms with E-state index in [0.29, 0.717) is 19.0 Å². The summed E-state index contributed by atoms with van der Waals surface area (Å²) in [4.78, 5) is 18.1. The van der Waals surface area contributed by atoms with Gasteiger partial charge in [0, 0.05) is 29.0 Å². The molecule has 0 radical (unpaired) electrons. The quantitative estimate of drug-likeness (QED) is 0.483. The molecule has 2 aliphatic rings. The minimum Gasteiger partial charge on any atom is -0.494 e. The summed E-state index contributed by atoms with van der Waals surface area (Å²) in [7, 11) is 0. The highest BCUT2D eigenvalue weighted by atomic mass is 32.2. The molecule has 7 heteroatoms. The molecule has 0 saturated heterocycles. The van der Waals surface area contributed by atoms with Crippen LogP contribution in [0.15, 0.2) is 40.7 Å². The maximum Gasteiger partial charge on any atom is 0.227 e. The van der Waals surface area contributed by atoms with E-state index in [1.807, 2.05) is 35.9 Å². The monoisotopic (exact) mass is 426 g/mol. The summed E-state index contributed by atoms with van der Waals surface area (Å²) < 4.78 is 7.80. The van der Waals surface area contributed by atoms with E-state index in [1.54, 1.807) is 11.8 Å². The van der Waals surface area contributed by atoms with Crippen molar-refractivity contribution in [2.75, 3.05) is 17.7 Å². The number of nitrogens with zero attached hydrogens (tertiary/aromatic N) is 3. The van der Waals surface area contributed by atoms with Crippen LogP contribution in [0, 0.1) is 5.41 Å². The summed E-state index contributed by atoms with van der Waals surface area (Å²) >= 11 is 1.67. The van der Waals surface area contributed by atoms with Gasteiger partial charge in [-0.05, 0) is 31.2 Å². The van der Waals surface area contributed by atoms with E-state index in [0.717, 1.165) is 52.8 Å². The van der Waals surface area contributed by atoms with Gasteiger partial charge in [-0.2, -0.15) is 4.98 Å². The second-order valence-corrected chi connectivity index (χ2v) is 9.76. The molecule has 4 rings (SSSR count). The van der Waals surface area contributed by atoms with E-state index in [4.69, 9.17) is 14.8 Å². The number of para-hydroxylation sites is 1. The molecular formula is C23H30N4O2S. The van der Waals surface area contributed by atoms with Crippen molar-refractivity contribution >= 4 is 23.5 Å². The summed E-state index contributed by atoms with van der Waals surface area (Å²) in [5, 5.41) is 9.00. The van der Waals surface area contributed by atoms with Crippen molar-refractivity contribution in [3.8, 4) is 5.75 Å². The first kappa shape index (κ1) is 21.0. The Morgan fingerprint density at radius 1 is 1.27 bits per heavy atom. The van der Waals surface area contributed by atoms with Crippen molar-refractivity contribution in [2.45, 2.75) is 64.6 Å². The van der Waals surface area contributed by atoms with Crippen LogP contribution in [0.4, 0.5) is 5.95 Å². The third-order valence-electron chi connectivity index (χ3n) is 5.55. The Morgan fingerprint density at radius 2 is 2.07 bits per heavy atom. The van der Waals surface area contributed by atoms with Gasteiger partial charge in [0.1, 0.15) is 11.8 Å². The lowest BCUT2D eigenvalue weighted by Gasteiger charge is -2.38. The molecule has 0 spiro atoms. The Hall–Kier alpha value is -2.28. The molecule has 2 aromatic rings. The van der Waals surface area contributed by atoms with E-state index in [9.17, 15) is 4.79 Å². The third-order valence-corrected chi connectivity index (χ3v) is 6.48. The second-order valence-electron chi connectivity index (χ2n) is 8.70. The maximum absolute atomic E-state index is 13.3. The Labute approximate surface area is 182 Å². The van der Waals surface area contributed by atoms with Crippen molar-refractivity contribution in [1.29, 1.82) is 0 Å². The highest BCUT2D eigenvalue weighted by Gasteiger charge is 2.42. The highest BCUT2D eigenvalue weighted by Crippen LogP contribution is 2.47. The summed E-state index contributed by atoms with van der Waals surface area (Å²) in [6.45, 7) is 9.01. The summed E-state index contributed by atoms with van der Waals surface area (Å²) in [6.07, 6.45) is 3.61. The number of allylic oxidation sites excluding steroid dienone is 2. The van der Waals surface area contributed by atoms with Gasteiger partial charge in [0.2, 0.25) is 11.1 Å². The van der Waals surface area contributed by atoms with Crippen LogP contribution in [0.1, 0.15) is 65.0 Å². The minimum absolute atomic E-state index is 0.0756. The molecule has 1 aromatic carbocycles. The first-order valence-corrected chi connectivity index (χ1v) is 11.8. The van der Waals surface area contributed by atoms with Crippen LogP contribution >= 0.6 is 11.8 Å². The van der Waals surface area contributed by atoms with Gasteiger partial charge < -0.3 is 10.1 Å². The number of ether oxygens (including phenoxy) is 1. The fourth-order valence-electron chi connectivity index (χ4n) is 4.24. The van der Waals surface area contributed by atoms with E-state index in [1.165, 1.54) is 0 Å². The van der Waals surface area contributed by atoms with E-state index in [-0.39, 0.29) is 17.2 Å². The van der Waals surface area contributed by atoms with Crippen molar-refractivity contribution in [1.82, 2.24) is 14.8 Å². The Morgan fingerprint density at radius 3 is 2.83 bits per heavy atom. The largest absolute Gasteiger partial charge is 0.494 e. The molecule has 160 valence electrons. The molecule has 1 aromatic heterocycles. The number of benzene rings is 1. The van der Waals surface area contributed by atoms with Crippen LogP contribution in [0.5, 0.6) is 5.75 Å². The van der Waals surface area contributed by atoms with E-state index in [2.05, 4.69) is 26.1 Å². The number of Topliss-reactive ketones (excluding diaryl/α,β-unsaturated/α-hetero) is 1. The van der Waals surface area contributed by atoms with Crippen LogP contribution in [-0.4, -0.2) is 32.9 Å². The van der Waals surface area contributed by atoms with E-state index < -0.39 is 0 Å². The number of hydrogen-bond acceptors (Lipinski definition) is 6. The number of nitrogens with one attached hydrogen (secondary N) is 1. The molecule has 6 nitrogen and oxygen atoms in total. The Kier molecular flexibility index (Phi) is 5.91. The molecule has 0 amide bonds. The summed E-state index contributed by atoms with van der Waals surface area (Å²) in [6, 6.07) is 7.63. The number of fused-ring (bicyclic) bond motifs is 1. The summed E-state index contributed by atoms with van der Waals surface area (Å²) in [5.41, 5.74) is 2.65. The van der Waals surface area contributed by atoms with Gasteiger partial charge in [0.05, 0.1) is 6.61 Å². The predicted molar refractivity (Wildman–Crippen MR) is 120 cm³/mol. The predicted octanol–water partition coefficient (Wildman–Crippen LogP) is 5.23. The first-order valence-electron chi connectivity index (χ1n) is 10.8. The number of unbranched alkanes of at least 4 members (excludes halogenated alkanes) is 1. The van der Waals surface area contributed by atoms with Crippen LogP contribution in [-0.2, 0) is 4.79 Å². The molecular weight excluding hydrogens is 396 g/mol. The number of carbonyl (C=O) groups is 1. The smallest absolute Gasteiger partial charge is 0.227 e. The van der Waals surface area contributed by atoms with E-state index >= 15 is 0 Å². The summed E-state index contributed by atoms with van der Waals surface area (Å²) in [5.74, 6) is 2.65. The fourth-order valence-corrected chi connectivity index (χ4v) is 5.15. The standard InChI is InChI=1S/C23H30N4O2S/c1-5-7-12-30-22-25-21-24-16-13-23(3,4)14-17(28)19(16)20(27(21)26-22)15-10-8-9-11-18(15)29-6-2/h8-11,20H,5-7,12-14H2,1-4H3,(H,24,25,26). The average molecular weight is 427 g/mol. The lowest BCUT2D eigenvalue weighted by molar-refractivity contribution is -0.118. The van der Waals surface area contributed by atoms with Crippen molar-refractivity contribution in [2.24, 2.45) is 5.41 Å². The average Bonchev–Trinajstić information content (AvgIpc) is 3.09. The topological polar surface area (TPSA) is 69.0 Å². The van der Waals surface area contributed by atoms with Gasteiger partial charge in [-0.25, -0.2) is 4.68 Å². The fraction of sp³-hybridized carbons (Fsp3) is 0.522. The molecule has 1 aliphatic carbocycles. The SMILES string of the molecule is CCCCSc1nc2n(n1)C(c1ccccc1OCC)C1=C(CC(C)(C)CC1=O)N2. The highest BCUT2D eigenvalue weighted by molar-refractivity contribution is 7.99. The van der Waals surface area contributed by atoms with Crippen molar-refractivity contribution in [3.05, 3.63) is 41.1 Å². The van der Waals surface area contributed by atoms with Gasteiger partial charge in [0.15, 0.2) is 5.78 Å². The van der Waals surface area contributed by atoms with Gasteiger partial charge in [-0.1, -0.05) is 57.2 Å². The zero-order valence-corrected chi connectivity index (χ0v) is 19.0. The number of rotatable bonds is 7.